The van der Waals surface area contributed by atoms with Crippen LogP contribution in [0.1, 0.15) is 93.4 Å². The van der Waals surface area contributed by atoms with Gasteiger partial charge in [-0.3, -0.25) is 4.79 Å². The predicted molar refractivity (Wildman–Crippen MR) is 134 cm³/mol. The molecule has 1 heterocycles. The van der Waals surface area contributed by atoms with E-state index in [2.05, 4.69) is 60.6 Å². The van der Waals surface area contributed by atoms with Crippen molar-refractivity contribution in [2.45, 2.75) is 112 Å². The van der Waals surface area contributed by atoms with E-state index in [0.717, 1.165) is 32.1 Å². The molecule has 4 heteroatoms. The van der Waals surface area contributed by atoms with E-state index < -0.39 is 12.4 Å². The molecule has 4 fully saturated rings. The highest BCUT2D eigenvalue weighted by Gasteiger charge is 2.68. The van der Waals surface area contributed by atoms with Crippen LogP contribution in [0.15, 0.2) is 23.3 Å². The molecule has 4 aliphatic carbocycles. The minimum Gasteiger partial charge on any atom is -0.392 e. The van der Waals surface area contributed by atoms with E-state index in [-0.39, 0.29) is 39.6 Å². The first-order valence-corrected chi connectivity index (χ1v) is 13.7. The number of aliphatic hydroxyl groups is 2. The van der Waals surface area contributed by atoms with Crippen LogP contribution in [-0.4, -0.2) is 34.5 Å². The molecule has 190 valence electrons. The molecule has 0 bridgehead atoms. The van der Waals surface area contributed by atoms with Crippen LogP contribution in [0.3, 0.4) is 0 Å². The summed E-state index contributed by atoms with van der Waals surface area (Å²) in [7, 11) is 0. The fourth-order valence-corrected chi connectivity index (χ4v) is 10.0. The van der Waals surface area contributed by atoms with Gasteiger partial charge in [0, 0.05) is 23.2 Å². The Labute approximate surface area is 206 Å². The molecule has 0 aromatic heterocycles. The second-order valence-corrected chi connectivity index (χ2v) is 13.9. The minimum atomic E-state index is -0.718. The van der Waals surface area contributed by atoms with Crippen molar-refractivity contribution >= 4 is 5.78 Å². The van der Waals surface area contributed by atoms with Crippen LogP contribution < -0.4 is 0 Å². The van der Waals surface area contributed by atoms with E-state index in [1.54, 1.807) is 0 Å². The van der Waals surface area contributed by atoms with Gasteiger partial charge in [0.25, 0.3) is 0 Å². The van der Waals surface area contributed by atoms with Crippen LogP contribution in [0.25, 0.3) is 0 Å². The van der Waals surface area contributed by atoms with Crippen molar-refractivity contribution in [1.29, 1.82) is 0 Å². The quantitative estimate of drug-likeness (QED) is 0.499. The molecular weight excluding hydrogens is 424 g/mol. The Morgan fingerprint density at radius 3 is 2.44 bits per heavy atom. The van der Waals surface area contributed by atoms with E-state index in [0.29, 0.717) is 30.5 Å². The standard InChI is InChI=1S/C30H46O4/c1-17(2)14-18-15-19(26(33)34-18)20-8-9-21-28(20,5)12-10-22-29(6)13-11-24(31)27(3,4)23(29)16-25(32)30(21,22)7/h9,14,18-20,22-23,25-26,32-33H,8,10-13,15-16H2,1-7H3/t18-,19-,20-,22+,23-,25+,26+,28-,29+,30-/m0/s1. The molecule has 5 aliphatic rings. The third kappa shape index (κ3) is 3.16. The Bertz CT molecular complexity index is 928. The molecule has 0 aromatic carbocycles. The zero-order valence-corrected chi connectivity index (χ0v) is 22.4. The van der Waals surface area contributed by atoms with Gasteiger partial charge in [-0.15, -0.1) is 0 Å². The van der Waals surface area contributed by atoms with Gasteiger partial charge >= 0.3 is 0 Å². The van der Waals surface area contributed by atoms with Crippen molar-refractivity contribution in [2.24, 2.45) is 45.3 Å². The maximum absolute atomic E-state index is 12.9. The molecule has 0 unspecified atom stereocenters. The van der Waals surface area contributed by atoms with Crippen molar-refractivity contribution in [3.63, 3.8) is 0 Å². The van der Waals surface area contributed by atoms with Crippen LogP contribution in [0.5, 0.6) is 0 Å². The van der Waals surface area contributed by atoms with Crippen LogP contribution >= 0.6 is 0 Å². The molecule has 34 heavy (non-hydrogen) atoms. The largest absolute Gasteiger partial charge is 0.392 e. The van der Waals surface area contributed by atoms with E-state index in [4.69, 9.17) is 4.74 Å². The van der Waals surface area contributed by atoms with Gasteiger partial charge in [-0.1, -0.05) is 57.9 Å². The first-order valence-electron chi connectivity index (χ1n) is 13.7. The fraction of sp³-hybridized carbons (Fsp3) is 0.833. The Hall–Kier alpha value is -0.970. The van der Waals surface area contributed by atoms with Gasteiger partial charge < -0.3 is 14.9 Å². The highest BCUT2D eigenvalue weighted by molar-refractivity contribution is 5.85. The minimum absolute atomic E-state index is 0.00785. The smallest absolute Gasteiger partial charge is 0.158 e. The summed E-state index contributed by atoms with van der Waals surface area (Å²) in [5.41, 5.74) is 2.06. The van der Waals surface area contributed by atoms with Crippen molar-refractivity contribution in [3.05, 3.63) is 23.3 Å². The molecule has 0 spiro atoms. The van der Waals surface area contributed by atoms with Crippen LogP contribution in [0, 0.1) is 45.3 Å². The lowest BCUT2D eigenvalue weighted by Crippen LogP contribution is -2.65. The maximum Gasteiger partial charge on any atom is 0.158 e. The number of hydrogen-bond donors (Lipinski definition) is 2. The second kappa shape index (κ2) is 7.76. The molecule has 10 atom stereocenters. The van der Waals surface area contributed by atoms with Crippen LogP contribution in [0.4, 0.5) is 0 Å². The molecule has 5 rings (SSSR count). The van der Waals surface area contributed by atoms with Crippen molar-refractivity contribution in [2.75, 3.05) is 0 Å². The molecule has 0 radical (unpaired) electrons. The molecule has 0 aromatic rings. The number of rotatable bonds is 2. The summed E-state index contributed by atoms with van der Waals surface area (Å²) in [5, 5.41) is 22.7. The zero-order valence-electron chi connectivity index (χ0n) is 22.4. The Morgan fingerprint density at radius 2 is 1.76 bits per heavy atom. The Morgan fingerprint density at radius 1 is 1.06 bits per heavy atom. The summed E-state index contributed by atoms with van der Waals surface area (Å²) in [6.07, 6.45) is 9.72. The molecule has 3 saturated carbocycles. The molecule has 1 saturated heterocycles. The Kier molecular flexibility index (Phi) is 5.64. The Balaban J connectivity index is 1.47. The van der Waals surface area contributed by atoms with Crippen LogP contribution in [-0.2, 0) is 9.53 Å². The lowest BCUT2D eigenvalue weighted by Gasteiger charge is -2.67. The summed E-state index contributed by atoms with van der Waals surface area (Å²) in [6, 6.07) is 0. The molecule has 0 amide bonds. The summed E-state index contributed by atoms with van der Waals surface area (Å²) in [6.45, 7) is 15.6. The number of ether oxygens (including phenoxy) is 1. The number of Topliss-reactive ketones (excluding diaryl/α,β-unsaturated/α-hetero) is 1. The van der Waals surface area contributed by atoms with Crippen molar-refractivity contribution in [3.8, 4) is 0 Å². The maximum atomic E-state index is 12.9. The van der Waals surface area contributed by atoms with E-state index in [9.17, 15) is 15.0 Å². The van der Waals surface area contributed by atoms with E-state index in [1.807, 2.05) is 0 Å². The fourth-order valence-electron chi connectivity index (χ4n) is 10.0. The second-order valence-electron chi connectivity index (χ2n) is 13.9. The van der Waals surface area contributed by atoms with Gasteiger partial charge in [-0.2, -0.15) is 0 Å². The normalized spacial score (nSPS) is 51.9. The molecule has 1 aliphatic heterocycles. The zero-order chi connectivity index (χ0) is 24.8. The van der Waals surface area contributed by atoms with Gasteiger partial charge in [0.1, 0.15) is 5.78 Å². The number of hydrogen-bond acceptors (Lipinski definition) is 4. The predicted octanol–water partition coefficient (Wildman–Crippen LogP) is 5.82. The number of carbonyl (C=O) groups is 1. The molecule has 2 N–H and O–H groups in total. The number of allylic oxidation sites excluding steroid dienone is 2. The summed E-state index contributed by atoms with van der Waals surface area (Å²) >= 11 is 0. The van der Waals surface area contributed by atoms with Gasteiger partial charge in [0.05, 0.1) is 12.2 Å². The third-order valence-electron chi connectivity index (χ3n) is 11.7. The first-order chi connectivity index (χ1) is 15.8. The SMILES string of the molecule is CC(C)=C[C@H]1C[C@@H]([C@@H]2CC=C3[C@]4(C)[C@H](O)C[C@H]5C(C)(C)C(=O)CC[C@]5(C)[C@H]4CC[C@]32C)[C@H](O)O1. The van der Waals surface area contributed by atoms with E-state index >= 15 is 0 Å². The first kappa shape index (κ1) is 24.7. The summed E-state index contributed by atoms with van der Waals surface area (Å²) in [5.74, 6) is 1.43. The topological polar surface area (TPSA) is 66.8 Å². The highest BCUT2D eigenvalue weighted by Crippen LogP contribution is 2.73. The van der Waals surface area contributed by atoms with Gasteiger partial charge in [0.2, 0.25) is 0 Å². The molecule has 4 nitrogen and oxygen atoms in total. The number of carbonyl (C=O) groups excluding carboxylic acids is 1. The van der Waals surface area contributed by atoms with E-state index in [1.165, 1.54) is 11.1 Å². The van der Waals surface area contributed by atoms with Gasteiger partial charge in [-0.25, -0.2) is 0 Å². The molecular formula is C30H46O4. The third-order valence-corrected chi connectivity index (χ3v) is 11.7. The van der Waals surface area contributed by atoms with Crippen molar-refractivity contribution < 1.29 is 19.7 Å². The highest BCUT2D eigenvalue weighted by atomic mass is 16.6. The van der Waals surface area contributed by atoms with Gasteiger partial charge in [-0.05, 0) is 81.0 Å². The monoisotopic (exact) mass is 470 g/mol. The van der Waals surface area contributed by atoms with Gasteiger partial charge in [0.15, 0.2) is 6.29 Å². The number of fused-ring (bicyclic) bond motifs is 5. The average Bonchev–Trinajstić information content (AvgIpc) is 3.26. The summed E-state index contributed by atoms with van der Waals surface area (Å²) in [4.78, 5) is 12.9. The number of aliphatic hydroxyl groups excluding tert-OH is 2. The summed E-state index contributed by atoms with van der Waals surface area (Å²) < 4.78 is 5.97. The number of ketones is 1. The van der Waals surface area contributed by atoms with Crippen LogP contribution in [0.2, 0.25) is 0 Å². The van der Waals surface area contributed by atoms with Crippen molar-refractivity contribution in [1.82, 2.24) is 0 Å². The lowest BCUT2D eigenvalue weighted by molar-refractivity contribution is -0.192. The lowest BCUT2D eigenvalue weighted by atomic mass is 9.37. The average molecular weight is 471 g/mol.